The highest BCUT2D eigenvalue weighted by molar-refractivity contribution is 5.88. The van der Waals surface area contributed by atoms with Gasteiger partial charge in [0.05, 0.1) is 11.0 Å². The minimum atomic E-state index is -4.41. The van der Waals surface area contributed by atoms with Crippen molar-refractivity contribution >= 4 is 12.0 Å². The van der Waals surface area contributed by atoms with Crippen LogP contribution in [0.1, 0.15) is 29.5 Å². The lowest BCUT2D eigenvalue weighted by Gasteiger charge is -2.40. The summed E-state index contributed by atoms with van der Waals surface area (Å²) in [6, 6.07) is 13.8. The highest BCUT2D eigenvalue weighted by Crippen LogP contribution is 2.36. The molecule has 2 aromatic rings. The first-order valence-corrected chi connectivity index (χ1v) is 9.20. The van der Waals surface area contributed by atoms with Crippen LogP contribution in [-0.4, -0.2) is 35.1 Å². The topological polar surface area (TPSA) is 69.6 Å². The van der Waals surface area contributed by atoms with Crippen LogP contribution in [0.25, 0.3) is 0 Å². The summed E-state index contributed by atoms with van der Waals surface area (Å²) in [4.78, 5) is 25.6. The zero-order valence-electron chi connectivity index (χ0n) is 15.6. The third-order valence-electron chi connectivity index (χ3n) is 5.38. The molecule has 1 saturated heterocycles. The van der Waals surface area contributed by atoms with Gasteiger partial charge in [0.25, 0.3) is 0 Å². The number of carbonyl (C=O) groups excluding carboxylic acids is 1. The number of nitrogens with one attached hydrogen (secondary N) is 1. The Labute approximate surface area is 166 Å². The number of hydrogen-bond acceptors (Lipinski definition) is 2. The predicted octanol–water partition coefficient (Wildman–Crippen LogP) is 4.03. The largest absolute Gasteiger partial charge is 0.465 e. The molecule has 29 heavy (non-hydrogen) atoms. The van der Waals surface area contributed by atoms with Gasteiger partial charge < -0.3 is 15.3 Å². The van der Waals surface area contributed by atoms with Crippen molar-refractivity contribution in [2.75, 3.05) is 13.1 Å². The van der Waals surface area contributed by atoms with Gasteiger partial charge in [-0.15, -0.1) is 0 Å². The molecule has 2 aromatic carbocycles. The standard InChI is InChI=1S/C21H21F3N2O3/c22-21(23,24)17-8-6-15(7-9-17)14-25-18(27)20(16-4-2-1-3-5-16)10-12-26(13-11-20)19(28)29/h1-9H,10-14H2,(H,25,27)(H,28,29). The van der Waals surface area contributed by atoms with E-state index in [9.17, 15) is 27.9 Å². The average Bonchev–Trinajstić information content (AvgIpc) is 2.72. The summed E-state index contributed by atoms with van der Waals surface area (Å²) >= 11 is 0. The van der Waals surface area contributed by atoms with Gasteiger partial charge in [-0.3, -0.25) is 4.79 Å². The molecule has 2 N–H and O–H groups in total. The van der Waals surface area contributed by atoms with E-state index in [1.807, 2.05) is 30.3 Å². The fraction of sp³-hybridized carbons (Fsp3) is 0.333. The molecule has 8 heteroatoms. The van der Waals surface area contributed by atoms with Crippen LogP contribution in [0.3, 0.4) is 0 Å². The molecule has 0 bridgehead atoms. The van der Waals surface area contributed by atoms with E-state index in [-0.39, 0.29) is 25.5 Å². The second kappa shape index (κ2) is 8.14. The molecule has 5 nitrogen and oxygen atoms in total. The molecule has 0 atom stereocenters. The molecule has 0 aliphatic carbocycles. The number of halogens is 3. The highest BCUT2D eigenvalue weighted by Gasteiger charge is 2.43. The van der Waals surface area contributed by atoms with Crippen LogP contribution in [0.15, 0.2) is 54.6 Å². The number of likely N-dealkylation sites (tertiary alicyclic amines) is 1. The fourth-order valence-corrected chi connectivity index (χ4v) is 3.65. The van der Waals surface area contributed by atoms with Crippen molar-refractivity contribution in [2.45, 2.75) is 31.0 Å². The lowest BCUT2D eigenvalue weighted by atomic mass is 9.72. The SMILES string of the molecule is O=C(O)N1CCC(C(=O)NCc2ccc(C(F)(F)F)cc2)(c2ccccc2)CC1. The molecule has 0 unspecified atom stereocenters. The highest BCUT2D eigenvalue weighted by atomic mass is 19.4. The Kier molecular flexibility index (Phi) is 5.81. The van der Waals surface area contributed by atoms with Crippen LogP contribution < -0.4 is 5.32 Å². The van der Waals surface area contributed by atoms with Gasteiger partial charge in [0.2, 0.25) is 5.91 Å². The fourth-order valence-electron chi connectivity index (χ4n) is 3.65. The van der Waals surface area contributed by atoms with Crippen LogP contribution in [0.4, 0.5) is 18.0 Å². The summed E-state index contributed by atoms with van der Waals surface area (Å²) in [5.41, 5.74) is -0.263. The number of hydrogen-bond donors (Lipinski definition) is 2. The molecule has 0 aromatic heterocycles. The summed E-state index contributed by atoms with van der Waals surface area (Å²) in [5.74, 6) is -0.256. The second-order valence-electron chi connectivity index (χ2n) is 7.10. The first kappa shape index (κ1) is 20.7. The van der Waals surface area contributed by atoms with Crippen molar-refractivity contribution in [1.29, 1.82) is 0 Å². The minimum Gasteiger partial charge on any atom is -0.465 e. The van der Waals surface area contributed by atoms with E-state index in [1.54, 1.807) is 0 Å². The number of carbonyl (C=O) groups is 2. The maximum atomic E-state index is 13.1. The summed E-state index contributed by atoms with van der Waals surface area (Å²) in [5, 5.41) is 12.0. The predicted molar refractivity (Wildman–Crippen MR) is 100 cm³/mol. The van der Waals surface area contributed by atoms with Crippen LogP contribution in [0, 0.1) is 0 Å². The molecule has 1 fully saturated rings. The second-order valence-corrected chi connectivity index (χ2v) is 7.10. The van der Waals surface area contributed by atoms with Gasteiger partial charge in [0.15, 0.2) is 0 Å². The monoisotopic (exact) mass is 406 g/mol. The number of rotatable bonds is 4. The normalized spacial score (nSPS) is 16.3. The quantitative estimate of drug-likeness (QED) is 0.805. The van der Waals surface area contributed by atoms with E-state index in [0.29, 0.717) is 18.4 Å². The van der Waals surface area contributed by atoms with E-state index < -0.39 is 23.2 Å². The van der Waals surface area contributed by atoms with E-state index in [4.69, 9.17) is 0 Å². The third-order valence-corrected chi connectivity index (χ3v) is 5.38. The van der Waals surface area contributed by atoms with Gasteiger partial charge in [-0.2, -0.15) is 13.2 Å². The Bertz CT molecular complexity index is 859. The Balaban J connectivity index is 1.75. The Hall–Kier alpha value is -3.03. The molecule has 2 amide bonds. The summed E-state index contributed by atoms with van der Waals surface area (Å²) < 4.78 is 38.1. The first-order valence-electron chi connectivity index (χ1n) is 9.20. The summed E-state index contributed by atoms with van der Waals surface area (Å²) in [7, 11) is 0. The van der Waals surface area contributed by atoms with Crippen molar-refractivity contribution in [3.8, 4) is 0 Å². The molecule has 1 aliphatic rings. The molecular formula is C21H21F3N2O3. The average molecular weight is 406 g/mol. The molecule has 1 heterocycles. The maximum Gasteiger partial charge on any atom is 0.416 e. The third kappa shape index (κ3) is 4.52. The molecular weight excluding hydrogens is 385 g/mol. The number of carboxylic acid groups (broad SMARTS) is 1. The molecule has 154 valence electrons. The Morgan fingerprint density at radius 3 is 2.10 bits per heavy atom. The molecule has 3 rings (SSSR count). The number of benzene rings is 2. The summed E-state index contributed by atoms with van der Waals surface area (Å²) in [6.45, 7) is 0.560. The molecule has 0 spiro atoms. The lowest BCUT2D eigenvalue weighted by Crippen LogP contribution is -2.52. The zero-order valence-corrected chi connectivity index (χ0v) is 15.6. The van der Waals surface area contributed by atoms with Crippen molar-refractivity contribution < 1.29 is 27.9 Å². The molecule has 0 radical (unpaired) electrons. The maximum absolute atomic E-state index is 13.1. The number of alkyl halides is 3. The van der Waals surface area contributed by atoms with Gasteiger partial charge in [-0.1, -0.05) is 42.5 Å². The summed E-state index contributed by atoms with van der Waals surface area (Å²) in [6.07, 6.45) is -4.75. The number of amides is 2. The molecule has 0 saturated carbocycles. The van der Waals surface area contributed by atoms with Gasteiger partial charge in [0, 0.05) is 19.6 Å². The number of piperidine rings is 1. The van der Waals surface area contributed by atoms with Crippen LogP contribution >= 0.6 is 0 Å². The van der Waals surface area contributed by atoms with Gasteiger partial charge >= 0.3 is 12.3 Å². The molecule has 1 aliphatic heterocycles. The van der Waals surface area contributed by atoms with Gasteiger partial charge in [-0.25, -0.2) is 4.79 Å². The van der Waals surface area contributed by atoms with E-state index >= 15 is 0 Å². The van der Waals surface area contributed by atoms with Crippen LogP contribution in [0.5, 0.6) is 0 Å². The van der Waals surface area contributed by atoms with E-state index in [2.05, 4.69) is 5.32 Å². The lowest BCUT2D eigenvalue weighted by molar-refractivity contribution is -0.137. The first-order chi connectivity index (χ1) is 13.7. The van der Waals surface area contributed by atoms with Crippen molar-refractivity contribution in [3.05, 3.63) is 71.3 Å². The minimum absolute atomic E-state index is 0.0915. The van der Waals surface area contributed by atoms with Crippen LogP contribution in [0.2, 0.25) is 0 Å². The zero-order chi connectivity index (χ0) is 21.1. The van der Waals surface area contributed by atoms with E-state index in [1.165, 1.54) is 17.0 Å². The van der Waals surface area contributed by atoms with E-state index in [0.717, 1.165) is 17.7 Å². The van der Waals surface area contributed by atoms with Crippen molar-refractivity contribution in [3.63, 3.8) is 0 Å². The Morgan fingerprint density at radius 1 is 1.00 bits per heavy atom. The van der Waals surface area contributed by atoms with Crippen molar-refractivity contribution in [1.82, 2.24) is 10.2 Å². The van der Waals surface area contributed by atoms with Gasteiger partial charge in [0.1, 0.15) is 0 Å². The van der Waals surface area contributed by atoms with Gasteiger partial charge in [-0.05, 0) is 36.1 Å². The van der Waals surface area contributed by atoms with Crippen LogP contribution in [-0.2, 0) is 22.9 Å². The van der Waals surface area contributed by atoms with Crippen molar-refractivity contribution in [2.24, 2.45) is 0 Å². The smallest absolute Gasteiger partial charge is 0.416 e. The number of nitrogens with zero attached hydrogens (tertiary/aromatic N) is 1. The Morgan fingerprint density at radius 2 is 1.59 bits per heavy atom.